The van der Waals surface area contributed by atoms with Crippen LogP contribution in [0.15, 0.2) is 25.3 Å². The van der Waals surface area contributed by atoms with Crippen molar-refractivity contribution in [1.82, 2.24) is 10.6 Å². The molecule has 10 nitrogen and oxygen atoms in total. The fourth-order valence-corrected chi connectivity index (χ4v) is 5.09. The number of hydrogen-bond acceptors (Lipinski definition) is 6. The maximum Gasteiger partial charge on any atom is 0.269 e. The highest BCUT2D eigenvalue weighted by Crippen LogP contribution is 2.26. The van der Waals surface area contributed by atoms with E-state index in [0.717, 1.165) is 12.2 Å². The second kappa shape index (κ2) is 8.75. The monoisotopic (exact) mass is 410 g/mol. The molecule has 4 atom stereocenters. The number of carbonyl (C=O) groups excluding carboxylic acids is 2. The van der Waals surface area contributed by atoms with Crippen molar-refractivity contribution in [3.05, 3.63) is 25.3 Å². The van der Waals surface area contributed by atoms with Crippen LogP contribution in [0.5, 0.6) is 0 Å². The van der Waals surface area contributed by atoms with Crippen LogP contribution in [0.1, 0.15) is 25.7 Å². The number of carbonyl (C=O) groups is 2. The Morgan fingerprint density at radius 3 is 1.31 bits per heavy atom. The molecule has 1 rings (SSSR count). The van der Waals surface area contributed by atoms with Crippen molar-refractivity contribution in [2.24, 2.45) is 0 Å². The van der Waals surface area contributed by atoms with Crippen molar-refractivity contribution >= 4 is 32.1 Å². The summed E-state index contributed by atoms with van der Waals surface area (Å²) in [6.45, 7) is 6.49. The van der Waals surface area contributed by atoms with Crippen LogP contribution in [-0.4, -0.2) is 60.3 Å². The minimum absolute atomic E-state index is 0.172. The van der Waals surface area contributed by atoms with Crippen molar-refractivity contribution in [2.45, 2.75) is 48.3 Å². The first kappa shape index (κ1) is 22.3. The Balaban J connectivity index is 3.21. The molecule has 0 saturated heterocycles. The topological polar surface area (TPSA) is 167 Å². The Morgan fingerprint density at radius 1 is 0.769 bits per heavy atom. The van der Waals surface area contributed by atoms with Crippen LogP contribution < -0.4 is 10.6 Å². The van der Waals surface area contributed by atoms with Gasteiger partial charge in [-0.05, 0) is 37.8 Å². The van der Waals surface area contributed by atoms with Gasteiger partial charge in [0.25, 0.3) is 20.2 Å². The molecule has 1 aliphatic carbocycles. The Labute approximate surface area is 152 Å². The maximum absolute atomic E-state index is 11.7. The first-order valence-corrected chi connectivity index (χ1v) is 10.7. The molecule has 1 saturated carbocycles. The molecule has 0 aromatic carbocycles. The molecule has 148 valence electrons. The summed E-state index contributed by atoms with van der Waals surface area (Å²) in [6, 6.07) is -2.17. The molecular formula is C14H22N2O8S2. The van der Waals surface area contributed by atoms with Gasteiger partial charge in [-0.1, -0.05) is 13.2 Å². The molecule has 4 unspecified atom stereocenters. The lowest BCUT2D eigenvalue weighted by molar-refractivity contribution is -0.117. The van der Waals surface area contributed by atoms with Gasteiger partial charge in [-0.25, -0.2) is 0 Å². The van der Waals surface area contributed by atoms with Gasteiger partial charge in [0.15, 0.2) is 0 Å². The standard InChI is InChI=1S/C14H22N2O8S2/c1-3-13(17)15-9-5-7-12(26(22,23)24)10(16-14(18)4-2)6-8-11(9)25(19,20)21/h3-4,9-12H,1-2,5-8H2,(H,15,17)(H,16,18)(H,19,20,21)(H,22,23,24). The van der Waals surface area contributed by atoms with Crippen molar-refractivity contribution in [2.75, 3.05) is 0 Å². The maximum atomic E-state index is 11.7. The highest BCUT2D eigenvalue weighted by Gasteiger charge is 2.41. The summed E-state index contributed by atoms with van der Waals surface area (Å²) < 4.78 is 65.8. The third-order valence-electron chi connectivity index (χ3n) is 4.21. The summed E-state index contributed by atoms with van der Waals surface area (Å²) in [4.78, 5) is 23.1. The summed E-state index contributed by atoms with van der Waals surface area (Å²) in [5.41, 5.74) is 0. The molecule has 1 fully saturated rings. The van der Waals surface area contributed by atoms with E-state index in [4.69, 9.17) is 0 Å². The largest absolute Gasteiger partial charge is 0.348 e. The van der Waals surface area contributed by atoms with E-state index in [-0.39, 0.29) is 25.7 Å². The molecule has 0 bridgehead atoms. The second-order valence-electron chi connectivity index (χ2n) is 5.90. The number of hydrogen-bond donors (Lipinski definition) is 4. The fraction of sp³-hybridized carbons (Fsp3) is 0.571. The van der Waals surface area contributed by atoms with E-state index in [2.05, 4.69) is 23.8 Å². The smallest absolute Gasteiger partial charge is 0.269 e. The van der Waals surface area contributed by atoms with Crippen LogP contribution in [0, 0.1) is 0 Å². The van der Waals surface area contributed by atoms with Crippen molar-refractivity contribution in [1.29, 1.82) is 0 Å². The Hall–Kier alpha value is -1.76. The molecule has 0 aromatic heterocycles. The van der Waals surface area contributed by atoms with Gasteiger partial charge in [-0.2, -0.15) is 16.8 Å². The minimum Gasteiger partial charge on any atom is -0.348 e. The molecule has 1 aliphatic rings. The van der Waals surface area contributed by atoms with Gasteiger partial charge >= 0.3 is 0 Å². The van der Waals surface area contributed by atoms with Crippen LogP contribution in [0.25, 0.3) is 0 Å². The van der Waals surface area contributed by atoms with E-state index < -0.39 is 54.6 Å². The zero-order valence-electron chi connectivity index (χ0n) is 13.9. The molecule has 0 heterocycles. The highest BCUT2D eigenvalue weighted by atomic mass is 32.2. The number of rotatable bonds is 6. The average molecular weight is 410 g/mol. The van der Waals surface area contributed by atoms with Crippen LogP contribution in [0.4, 0.5) is 0 Å². The SMILES string of the molecule is C=CC(=O)NC1CCC(S(=O)(=O)O)C(NC(=O)C=C)CCC1S(=O)(=O)O. The molecule has 2 amide bonds. The molecule has 0 radical (unpaired) electrons. The predicted octanol–water partition coefficient (Wildman–Crippen LogP) is -0.585. The average Bonchev–Trinajstić information content (AvgIpc) is 2.49. The normalized spacial score (nSPS) is 27.5. The Kier molecular flexibility index (Phi) is 7.50. The van der Waals surface area contributed by atoms with Gasteiger partial charge in [-0.3, -0.25) is 18.7 Å². The predicted molar refractivity (Wildman–Crippen MR) is 93.4 cm³/mol. The van der Waals surface area contributed by atoms with Gasteiger partial charge in [0.1, 0.15) is 10.5 Å². The van der Waals surface area contributed by atoms with Crippen LogP contribution in [0.3, 0.4) is 0 Å². The summed E-state index contributed by atoms with van der Waals surface area (Å²) in [6.07, 6.45) is 0.967. The summed E-state index contributed by atoms with van der Waals surface area (Å²) in [5.74, 6) is -1.38. The first-order valence-electron chi connectivity index (χ1n) is 7.68. The van der Waals surface area contributed by atoms with E-state index in [1.54, 1.807) is 0 Å². The fourth-order valence-electron chi connectivity index (χ4n) is 2.99. The number of amides is 2. The zero-order chi connectivity index (χ0) is 20.1. The molecule has 12 heteroatoms. The van der Waals surface area contributed by atoms with Crippen LogP contribution in [0.2, 0.25) is 0 Å². The van der Waals surface area contributed by atoms with Gasteiger partial charge < -0.3 is 10.6 Å². The lowest BCUT2D eigenvalue weighted by atomic mass is 9.92. The molecular weight excluding hydrogens is 388 g/mol. The highest BCUT2D eigenvalue weighted by molar-refractivity contribution is 7.86. The summed E-state index contributed by atoms with van der Waals surface area (Å²) >= 11 is 0. The lowest BCUT2D eigenvalue weighted by Gasteiger charge is -2.34. The molecule has 0 aromatic rings. The Bertz CT molecular complexity index is 709. The van der Waals surface area contributed by atoms with Gasteiger partial charge in [0, 0.05) is 12.1 Å². The number of nitrogens with one attached hydrogen (secondary N) is 2. The van der Waals surface area contributed by atoms with Crippen molar-refractivity contribution in [3.63, 3.8) is 0 Å². The minimum atomic E-state index is -4.57. The van der Waals surface area contributed by atoms with Crippen molar-refractivity contribution in [3.8, 4) is 0 Å². The Morgan fingerprint density at radius 2 is 1.08 bits per heavy atom. The van der Waals surface area contributed by atoms with E-state index >= 15 is 0 Å². The molecule has 26 heavy (non-hydrogen) atoms. The van der Waals surface area contributed by atoms with Crippen LogP contribution >= 0.6 is 0 Å². The summed E-state index contributed by atoms with van der Waals surface area (Å²) in [5, 5.41) is 1.90. The van der Waals surface area contributed by atoms with E-state index in [0.29, 0.717) is 0 Å². The third kappa shape index (κ3) is 6.20. The van der Waals surface area contributed by atoms with Crippen molar-refractivity contribution < 1.29 is 35.5 Å². The van der Waals surface area contributed by atoms with E-state index in [1.165, 1.54) is 0 Å². The van der Waals surface area contributed by atoms with E-state index in [1.807, 2.05) is 0 Å². The molecule has 0 spiro atoms. The summed E-state index contributed by atoms with van der Waals surface area (Å²) in [7, 11) is -9.15. The molecule has 0 aliphatic heterocycles. The van der Waals surface area contributed by atoms with Gasteiger partial charge in [0.05, 0.1) is 0 Å². The van der Waals surface area contributed by atoms with E-state index in [9.17, 15) is 35.5 Å². The first-order chi connectivity index (χ1) is 11.9. The van der Waals surface area contributed by atoms with Gasteiger partial charge in [-0.15, -0.1) is 0 Å². The quantitative estimate of drug-likeness (QED) is 0.333. The molecule has 4 N–H and O–H groups in total. The zero-order valence-corrected chi connectivity index (χ0v) is 15.5. The van der Waals surface area contributed by atoms with Gasteiger partial charge in [0.2, 0.25) is 11.8 Å². The lowest BCUT2D eigenvalue weighted by Crippen LogP contribution is -2.53. The second-order valence-corrected chi connectivity index (χ2v) is 9.17. The van der Waals surface area contributed by atoms with Crippen LogP contribution in [-0.2, 0) is 29.8 Å². The third-order valence-corrected chi connectivity index (χ3v) is 6.87.